The fourth-order valence-electron chi connectivity index (χ4n) is 2.15. The average Bonchev–Trinajstić information content (AvgIpc) is 3.16. The Labute approximate surface area is 153 Å². The topological polar surface area (TPSA) is 99.0 Å². The third kappa shape index (κ3) is 4.22. The molecule has 0 unspecified atom stereocenters. The Morgan fingerprint density at radius 1 is 1.19 bits per heavy atom. The minimum atomic E-state index is -0.988. The van der Waals surface area contributed by atoms with E-state index in [0.717, 1.165) is 0 Å². The van der Waals surface area contributed by atoms with Crippen molar-refractivity contribution in [3.05, 3.63) is 65.4 Å². The van der Waals surface area contributed by atoms with Gasteiger partial charge in [-0.05, 0) is 53.7 Å². The van der Waals surface area contributed by atoms with Crippen LogP contribution in [0.1, 0.15) is 17.3 Å². The van der Waals surface area contributed by atoms with Crippen LogP contribution in [0.5, 0.6) is 0 Å². The molecule has 0 bridgehead atoms. The van der Waals surface area contributed by atoms with Gasteiger partial charge in [-0.25, -0.2) is 9.48 Å². The molecule has 0 saturated carbocycles. The lowest BCUT2D eigenvalue weighted by Gasteiger charge is -2.14. The molecule has 1 heterocycles. The molecular weight excluding hydrogens is 358 g/mol. The monoisotopic (exact) mass is 371 g/mol. The molecule has 132 valence electrons. The van der Waals surface area contributed by atoms with Crippen molar-refractivity contribution in [2.24, 2.45) is 0 Å². The average molecular weight is 372 g/mol. The Hall–Kier alpha value is -3.26. The molecule has 0 aliphatic carbocycles. The smallest absolute Gasteiger partial charge is 0.338 e. The van der Waals surface area contributed by atoms with E-state index in [1.807, 2.05) is 0 Å². The summed E-state index contributed by atoms with van der Waals surface area (Å²) >= 11 is 5.88. The Bertz CT molecular complexity index is 930. The molecule has 0 aliphatic rings. The number of carbonyl (C=O) groups is 2. The van der Waals surface area contributed by atoms with Crippen LogP contribution in [0.4, 0.5) is 5.69 Å². The van der Waals surface area contributed by atoms with Crippen LogP contribution in [0.25, 0.3) is 5.69 Å². The van der Waals surface area contributed by atoms with Crippen LogP contribution < -0.4 is 5.32 Å². The van der Waals surface area contributed by atoms with Gasteiger partial charge in [-0.1, -0.05) is 23.7 Å². The molecule has 0 spiro atoms. The van der Waals surface area contributed by atoms with Crippen LogP contribution >= 0.6 is 11.6 Å². The fourth-order valence-corrected chi connectivity index (χ4v) is 2.34. The van der Waals surface area contributed by atoms with Gasteiger partial charge in [0, 0.05) is 10.7 Å². The van der Waals surface area contributed by atoms with E-state index in [4.69, 9.17) is 16.3 Å². The normalized spacial score (nSPS) is 11.6. The van der Waals surface area contributed by atoms with Gasteiger partial charge in [-0.2, -0.15) is 0 Å². The summed E-state index contributed by atoms with van der Waals surface area (Å²) in [6.45, 7) is 1.49. The van der Waals surface area contributed by atoms with Gasteiger partial charge in [0.15, 0.2) is 6.10 Å². The first-order valence-electron chi connectivity index (χ1n) is 7.64. The number of rotatable bonds is 5. The number of carbonyl (C=O) groups excluding carboxylic acids is 2. The van der Waals surface area contributed by atoms with Gasteiger partial charge in [0.05, 0.1) is 11.3 Å². The highest BCUT2D eigenvalue weighted by Gasteiger charge is 2.19. The van der Waals surface area contributed by atoms with Gasteiger partial charge >= 0.3 is 5.97 Å². The lowest BCUT2D eigenvalue weighted by atomic mass is 10.2. The first-order valence-corrected chi connectivity index (χ1v) is 8.01. The number of ether oxygens (including phenoxy) is 1. The maximum Gasteiger partial charge on any atom is 0.338 e. The molecule has 1 aromatic heterocycles. The quantitative estimate of drug-likeness (QED) is 0.692. The van der Waals surface area contributed by atoms with Crippen molar-refractivity contribution in [1.82, 2.24) is 20.2 Å². The number of amides is 1. The summed E-state index contributed by atoms with van der Waals surface area (Å²) in [7, 11) is 0. The van der Waals surface area contributed by atoms with E-state index in [2.05, 4.69) is 20.8 Å². The number of halogens is 1. The minimum absolute atomic E-state index is 0.278. The van der Waals surface area contributed by atoms with Crippen molar-refractivity contribution in [3.8, 4) is 5.69 Å². The molecule has 1 N–H and O–H groups in total. The van der Waals surface area contributed by atoms with Crippen LogP contribution in [-0.4, -0.2) is 38.2 Å². The molecule has 1 amide bonds. The number of anilines is 1. The van der Waals surface area contributed by atoms with E-state index >= 15 is 0 Å². The SMILES string of the molecule is C[C@H](OC(=O)c1cccc(-n2cnnn2)c1)C(=O)Nc1cccc(Cl)c1. The molecule has 26 heavy (non-hydrogen) atoms. The van der Waals surface area contributed by atoms with Crippen LogP contribution in [-0.2, 0) is 9.53 Å². The van der Waals surface area contributed by atoms with Crippen LogP contribution in [0, 0.1) is 0 Å². The van der Waals surface area contributed by atoms with Gasteiger partial charge < -0.3 is 10.1 Å². The zero-order valence-corrected chi connectivity index (χ0v) is 14.4. The van der Waals surface area contributed by atoms with Crippen LogP contribution in [0.3, 0.4) is 0 Å². The lowest BCUT2D eigenvalue weighted by Crippen LogP contribution is -2.30. The van der Waals surface area contributed by atoms with E-state index in [-0.39, 0.29) is 5.56 Å². The summed E-state index contributed by atoms with van der Waals surface area (Å²) in [5.74, 6) is -1.09. The Kier molecular flexibility index (Phi) is 5.23. The van der Waals surface area contributed by atoms with Crippen LogP contribution in [0.15, 0.2) is 54.9 Å². The van der Waals surface area contributed by atoms with E-state index < -0.39 is 18.0 Å². The van der Waals surface area contributed by atoms with Crippen molar-refractivity contribution < 1.29 is 14.3 Å². The summed E-state index contributed by atoms with van der Waals surface area (Å²) in [5, 5.41) is 14.0. The van der Waals surface area contributed by atoms with Crippen molar-refractivity contribution >= 4 is 29.2 Å². The largest absolute Gasteiger partial charge is 0.449 e. The number of tetrazole rings is 1. The molecule has 0 saturated heterocycles. The molecule has 2 aromatic carbocycles. The van der Waals surface area contributed by atoms with Gasteiger partial charge in [0.25, 0.3) is 5.91 Å². The maximum atomic E-state index is 12.3. The molecule has 1 atom stereocenters. The van der Waals surface area contributed by atoms with Gasteiger partial charge in [-0.15, -0.1) is 5.10 Å². The van der Waals surface area contributed by atoms with Crippen LogP contribution in [0.2, 0.25) is 5.02 Å². The summed E-state index contributed by atoms with van der Waals surface area (Å²) in [4.78, 5) is 24.5. The third-order valence-corrected chi connectivity index (χ3v) is 3.68. The van der Waals surface area contributed by atoms with Crippen molar-refractivity contribution in [2.45, 2.75) is 13.0 Å². The van der Waals surface area contributed by atoms with Crippen molar-refractivity contribution in [3.63, 3.8) is 0 Å². The maximum absolute atomic E-state index is 12.3. The molecule has 3 rings (SSSR count). The van der Waals surface area contributed by atoms with E-state index in [0.29, 0.717) is 16.4 Å². The lowest BCUT2D eigenvalue weighted by molar-refractivity contribution is -0.123. The molecule has 3 aromatic rings. The van der Waals surface area contributed by atoms with E-state index in [1.165, 1.54) is 17.9 Å². The Morgan fingerprint density at radius 2 is 2.00 bits per heavy atom. The second kappa shape index (κ2) is 7.75. The molecule has 8 nitrogen and oxygen atoms in total. The molecule has 0 aliphatic heterocycles. The zero-order chi connectivity index (χ0) is 18.5. The number of aromatic nitrogens is 4. The summed E-state index contributed by atoms with van der Waals surface area (Å²) in [6, 6.07) is 13.2. The summed E-state index contributed by atoms with van der Waals surface area (Å²) < 4.78 is 6.64. The number of benzene rings is 2. The zero-order valence-electron chi connectivity index (χ0n) is 13.7. The predicted molar refractivity (Wildman–Crippen MR) is 94.1 cm³/mol. The number of nitrogens with zero attached hydrogens (tertiary/aromatic N) is 4. The molecule has 0 radical (unpaired) electrons. The highest BCUT2D eigenvalue weighted by atomic mass is 35.5. The first-order chi connectivity index (χ1) is 12.5. The highest BCUT2D eigenvalue weighted by molar-refractivity contribution is 6.30. The third-order valence-electron chi connectivity index (χ3n) is 3.44. The fraction of sp³-hybridized carbons (Fsp3) is 0.118. The molecule has 0 fully saturated rings. The number of esters is 1. The first kappa shape index (κ1) is 17.6. The highest BCUT2D eigenvalue weighted by Crippen LogP contribution is 2.16. The molecule has 9 heteroatoms. The Morgan fingerprint density at radius 3 is 2.73 bits per heavy atom. The van der Waals surface area contributed by atoms with Gasteiger partial charge in [0.2, 0.25) is 0 Å². The molecular formula is C17H14ClN5O3. The number of hydrogen-bond donors (Lipinski definition) is 1. The standard InChI is InChI=1S/C17H14ClN5O3/c1-11(16(24)20-14-6-3-5-13(18)9-14)26-17(25)12-4-2-7-15(8-12)23-10-19-21-22-23/h2-11H,1H3,(H,20,24)/t11-/m0/s1. The number of hydrogen-bond acceptors (Lipinski definition) is 6. The summed E-state index contributed by atoms with van der Waals surface area (Å²) in [6.07, 6.45) is 0.420. The van der Waals surface area contributed by atoms with E-state index in [1.54, 1.807) is 48.5 Å². The van der Waals surface area contributed by atoms with E-state index in [9.17, 15) is 9.59 Å². The van der Waals surface area contributed by atoms with Crippen molar-refractivity contribution in [1.29, 1.82) is 0 Å². The minimum Gasteiger partial charge on any atom is -0.449 e. The Balaban J connectivity index is 1.65. The second-order valence-electron chi connectivity index (χ2n) is 5.35. The van der Waals surface area contributed by atoms with Gasteiger partial charge in [0.1, 0.15) is 6.33 Å². The van der Waals surface area contributed by atoms with Crippen molar-refractivity contribution in [2.75, 3.05) is 5.32 Å². The predicted octanol–water partition coefficient (Wildman–Crippen LogP) is 2.50. The second-order valence-corrected chi connectivity index (χ2v) is 5.79. The van der Waals surface area contributed by atoms with Gasteiger partial charge in [-0.3, -0.25) is 4.79 Å². The number of nitrogens with one attached hydrogen (secondary N) is 1. The summed E-state index contributed by atoms with van der Waals surface area (Å²) in [5.41, 5.74) is 1.40.